The Morgan fingerprint density at radius 1 is 1.43 bits per heavy atom. The number of methoxy groups -OCH3 is 1. The van der Waals surface area contributed by atoms with Crippen molar-refractivity contribution in [3.8, 4) is 0 Å². The average Bonchev–Trinajstić information content (AvgIpc) is 2.18. The molecule has 0 aromatic heterocycles. The molecule has 0 saturated carbocycles. The quantitative estimate of drug-likeness (QED) is 0.641. The molecule has 0 amide bonds. The Hall–Kier alpha value is -0.610. The van der Waals surface area contributed by atoms with Gasteiger partial charge in [-0.2, -0.15) is 0 Å². The first kappa shape index (κ1) is 13.4. The van der Waals surface area contributed by atoms with E-state index in [0.29, 0.717) is 6.42 Å². The van der Waals surface area contributed by atoms with Gasteiger partial charge in [-0.3, -0.25) is 4.79 Å². The van der Waals surface area contributed by atoms with Crippen LogP contribution in [0.4, 0.5) is 0 Å². The molecular formula is C10H22N2O2. The van der Waals surface area contributed by atoms with Gasteiger partial charge in [0.1, 0.15) is 5.54 Å². The zero-order chi connectivity index (χ0) is 11.2. The minimum Gasteiger partial charge on any atom is -0.468 e. The lowest BCUT2D eigenvalue weighted by Crippen LogP contribution is -2.48. The van der Waals surface area contributed by atoms with Crippen molar-refractivity contribution in [2.24, 2.45) is 5.73 Å². The summed E-state index contributed by atoms with van der Waals surface area (Å²) in [5, 5.41) is 0. The van der Waals surface area contributed by atoms with Crippen LogP contribution in [-0.2, 0) is 9.53 Å². The van der Waals surface area contributed by atoms with Crippen molar-refractivity contribution in [3.05, 3.63) is 0 Å². The molecule has 0 aliphatic rings. The normalized spacial score (nSPS) is 15.3. The molecule has 0 bridgehead atoms. The molecule has 0 fully saturated rings. The molecule has 1 atom stereocenters. The number of nitrogens with zero attached hydrogens (tertiary/aromatic N) is 1. The molecule has 4 heteroatoms. The summed E-state index contributed by atoms with van der Waals surface area (Å²) in [5.74, 6) is -0.343. The van der Waals surface area contributed by atoms with E-state index >= 15 is 0 Å². The zero-order valence-corrected chi connectivity index (χ0v) is 9.67. The number of rotatable bonds is 6. The molecule has 0 aromatic rings. The van der Waals surface area contributed by atoms with Crippen LogP contribution in [0.3, 0.4) is 0 Å². The highest BCUT2D eigenvalue weighted by Crippen LogP contribution is 2.08. The van der Waals surface area contributed by atoms with E-state index in [1.807, 2.05) is 0 Å². The van der Waals surface area contributed by atoms with Gasteiger partial charge in [-0.05, 0) is 26.4 Å². The van der Waals surface area contributed by atoms with Crippen LogP contribution in [0, 0.1) is 0 Å². The average molecular weight is 202 g/mol. The predicted molar refractivity (Wildman–Crippen MR) is 57.0 cm³/mol. The van der Waals surface area contributed by atoms with E-state index < -0.39 is 5.54 Å². The molecule has 14 heavy (non-hydrogen) atoms. The van der Waals surface area contributed by atoms with Crippen molar-refractivity contribution in [2.75, 3.05) is 26.7 Å². The van der Waals surface area contributed by atoms with E-state index in [1.54, 1.807) is 6.92 Å². The van der Waals surface area contributed by atoms with Crippen molar-refractivity contribution in [2.45, 2.75) is 32.7 Å². The van der Waals surface area contributed by atoms with Gasteiger partial charge in [0.15, 0.2) is 0 Å². The minimum atomic E-state index is -0.864. The zero-order valence-electron chi connectivity index (χ0n) is 9.67. The summed E-state index contributed by atoms with van der Waals surface area (Å²) in [4.78, 5) is 13.5. The molecule has 0 aliphatic heterocycles. The van der Waals surface area contributed by atoms with Gasteiger partial charge in [-0.15, -0.1) is 0 Å². The second-order valence-corrected chi connectivity index (χ2v) is 3.69. The maximum atomic E-state index is 11.3. The lowest BCUT2D eigenvalue weighted by molar-refractivity contribution is -0.146. The first-order valence-corrected chi connectivity index (χ1v) is 5.07. The van der Waals surface area contributed by atoms with Crippen LogP contribution in [-0.4, -0.2) is 43.2 Å². The Kier molecular flexibility index (Phi) is 5.72. The summed E-state index contributed by atoms with van der Waals surface area (Å²) in [6, 6.07) is 0. The van der Waals surface area contributed by atoms with E-state index in [1.165, 1.54) is 7.11 Å². The first-order valence-electron chi connectivity index (χ1n) is 5.07. The highest BCUT2D eigenvalue weighted by molar-refractivity contribution is 5.79. The van der Waals surface area contributed by atoms with Crippen LogP contribution >= 0.6 is 0 Å². The number of carbonyl (C=O) groups is 1. The number of carbonyl (C=O) groups excluding carboxylic acids is 1. The second kappa shape index (κ2) is 5.98. The Morgan fingerprint density at radius 3 is 2.29 bits per heavy atom. The molecule has 1 unspecified atom stereocenters. The van der Waals surface area contributed by atoms with Gasteiger partial charge in [0.25, 0.3) is 0 Å². The number of hydrogen-bond acceptors (Lipinski definition) is 4. The van der Waals surface area contributed by atoms with Gasteiger partial charge < -0.3 is 15.4 Å². The topological polar surface area (TPSA) is 55.6 Å². The third-order valence-electron chi connectivity index (χ3n) is 2.49. The summed E-state index contributed by atoms with van der Waals surface area (Å²) in [6.07, 6.45) is 0.626. The largest absolute Gasteiger partial charge is 0.468 e. The fourth-order valence-corrected chi connectivity index (χ4v) is 1.27. The summed E-state index contributed by atoms with van der Waals surface area (Å²) >= 11 is 0. The van der Waals surface area contributed by atoms with Crippen LogP contribution in [0.25, 0.3) is 0 Å². The van der Waals surface area contributed by atoms with E-state index in [-0.39, 0.29) is 5.97 Å². The number of esters is 1. The highest BCUT2D eigenvalue weighted by atomic mass is 16.5. The fraction of sp³-hybridized carbons (Fsp3) is 0.900. The monoisotopic (exact) mass is 202 g/mol. The molecule has 0 saturated heterocycles. The number of nitrogens with two attached hydrogens (primary N) is 1. The van der Waals surface area contributed by atoms with Crippen molar-refractivity contribution >= 4 is 5.97 Å². The molecule has 0 heterocycles. The van der Waals surface area contributed by atoms with Crippen LogP contribution in [0.1, 0.15) is 27.2 Å². The maximum Gasteiger partial charge on any atom is 0.325 e. The van der Waals surface area contributed by atoms with Crippen molar-refractivity contribution in [1.82, 2.24) is 4.90 Å². The van der Waals surface area contributed by atoms with Crippen LogP contribution in [0.5, 0.6) is 0 Å². The predicted octanol–water partition coefficient (Wildman–Crippen LogP) is 0.609. The van der Waals surface area contributed by atoms with Gasteiger partial charge >= 0.3 is 5.97 Å². The second-order valence-electron chi connectivity index (χ2n) is 3.69. The molecule has 0 radical (unpaired) electrons. The van der Waals surface area contributed by atoms with Gasteiger partial charge in [-0.25, -0.2) is 0 Å². The molecule has 0 rings (SSSR count). The fourth-order valence-electron chi connectivity index (χ4n) is 1.27. The van der Waals surface area contributed by atoms with Gasteiger partial charge in [-0.1, -0.05) is 13.8 Å². The van der Waals surface area contributed by atoms with E-state index in [0.717, 1.165) is 19.6 Å². The Bertz CT molecular complexity index is 177. The minimum absolute atomic E-state index is 0.343. The Morgan fingerprint density at radius 2 is 1.93 bits per heavy atom. The molecule has 4 nitrogen and oxygen atoms in total. The summed E-state index contributed by atoms with van der Waals surface area (Å²) in [6.45, 7) is 8.68. The van der Waals surface area contributed by atoms with E-state index in [9.17, 15) is 4.79 Å². The molecule has 0 aliphatic carbocycles. The molecular weight excluding hydrogens is 180 g/mol. The summed E-state index contributed by atoms with van der Waals surface area (Å²) in [7, 11) is 1.37. The van der Waals surface area contributed by atoms with Crippen LogP contribution < -0.4 is 5.73 Å². The molecule has 2 N–H and O–H groups in total. The smallest absolute Gasteiger partial charge is 0.325 e. The molecule has 0 aromatic carbocycles. The van der Waals surface area contributed by atoms with Gasteiger partial charge in [0, 0.05) is 6.54 Å². The lowest BCUT2D eigenvalue weighted by Gasteiger charge is -2.25. The molecule has 84 valence electrons. The van der Waals surface area contributed by atoms with Crippen LogP contribution in [0.15, 0.2) is 0 Å². The first-order chi connectivity index (χ1) is 6.47. The summed E-state index contributed by atoms with van der Waals surface area (Å²) in [5.41, 5.74) is 4.96. The van der Waals surface area contributed by atoms with Crippen molar-refractivity contribution in [3.63, 3.8) is 0 Å². The maximum absolute atomic E-state index is 11.3. The van der Waals surface area contributed by atoms with E-state index in [4.69, 9.17) is 5.73 Å². The van der Waals surface area contributed by atoms with Gasteiger partial charge in [0.2, 0.25) is 0 Å². The lowest BCUT2D eigenvalue weighted by atomic mass is 9.99. The number of ether oxygens (including phenoxy) is 1. The standard InChI is InChI=1S/C10H22N2O2/c1-5-12(6-2)8-7-10(3,11)9(13)14-4/h5-8,11H2,1-4H3. The summed E-state index contributed by atoms with van der Waals surface area (Å²) < 4.78 is 4.63. The van der Waals surface area contributed by atoms with Gasteiger partial charge in [0.05, 0.1) is 7.11 Å². The van der Waals surface area contributed by atoms with Crippen molar-refractivity contribution < 1.29 is 9.53 Å². The highest BCUT2D eigenvalue weighted by Gasteiger charge is 2.29. The van der Waals surface area contributed by atoms with Crippen molar-refractivity contribution in [1.29, 1.82) is 0 Å². The number of hydrogen-bond donors (Lipinski definition) is 1. The SMILES string of the molecule is CCN(CC)CCC(C)(N)C(=O)OC. The van der Waals surface area contributed by atoms with Crippen LogP contribution in [0.2, 0.25) is 0 Å². The Balaban J connectivity index is 4.03. The third kappa shape index (κ3) is 4.07. The van der Waals surface area contributed by atoms with E-state index in [2.05, 4.69) is 23.5 Å². The Labute approximate surface area is 86.4 Å². The molecule has 0 spiro atoms. The third-order valence-corrected chi connectivity index (χ3v) is 2.49.